The van der Waals surface area contributed by atoms with E-state index in [4.69, 9.17) is 11.6 Å². The summed E-state index contributed by atoms with van der Waals surface area (Å²) in [5, 5.41) is 10.9. The number of carbonyl (C=O) groups is 1. The quantitative estimate of drug-likeness (QED) is 0.626. The molecular formula is C15H19ClN2O3. The van der Waals surface area contributed by atoms with Crippen LogP contribution in [-0.2, 0) is 0 Å². The molecule has 1 aromatic carbocycles. The van der Waals surface area contributed by atoms with Crippen LogP contribution in [0.3, 0.4) is 0 Å². The van der Waals surface area contributed by atoms with Crippen molar-refractivity contribution in [2.24, 2.45) is 5.92 Å². The number of hydrogen-bond acceptors (Lipinski definition) is 3. The summed E-state index contributed by atoms with van der Waals surface area (Å²) < 4.78 is 0. The van der Waals surface area contributed by atoms with Gasteiger partial charge in [0, 0.05) is 25.2 Å². The zero-order valence-electron chi connectivity index (χ0n) is 12.0. The van der Waals surface area contributed by atoms with E-state index in [2.05, 4.69) is 0 Å². The van der Waals surface area contributed by atoms with Gasteiger partial charge in [0.1, 0.15) is 5.02 Å². The molecule has 1 amide bonds. The highest BCUT2D eigenvalue weighted by Gasteiger charge is 2.21. The van der Waals surface area contributed by atoms with Crippen LogP contribution in [0.5, 0.6) is 0 Å². The summed E-state index contributed by atoms with van der Waals surface area (Å²) in [4.78, 5) is 24.3. The van der Waals surface area contributed by atoms with Crippen molar-refractivity contribution in [3.05, 3.63) is 38.9 Å². The highest BCUT2D eigenvalue weighted by Crippen LogP contribution is 2.27. The minimum Gasteiger partial charge on any atom is -0.341 e. The molecule has 0 N–H and O–H groups in total. The third kappa shape index (κ3) is 3.94. The number of halogens is 1. The van der Waals surface area contributed by atoms with Crippen LogP contribution in [0.25, 0.3) is 0 Å². The van der Waals surface area contributed by atoms with Gasteiger partial charge >= 0.3 is 0 Å². The lowest BCUT2D eigenvalue weighted by molar-refractivity contribution is -0.384. The Hall–Kier alpha value is -1.62. The highest BCUT2D eigenvalue weighted by atomic mass is 35.5. The van der Waals surface area contributed by atoms with Crippen molar-refractivity contribution in [1.82, 2.24) is 4.90 Å². The SMILES string of the molecule is CN(CC1CCCCC1)C(=O)c1ccc(Cl)c([N+](=O)[O-])c1. The van der Waals surface area contributed by atoms with E-state index >= 15 is 0 Å². The number of carbonyl (C=O) groups excluding carboxylic acids is 1. The van der Waals surface area contributed by atoms with Crippen molar-refractivity contribution in [3.63, 3.8) is 0 Å². The zero-order valence-corrected chi connectivity index (χ0v) is 12.8. The third-order valence-electron chi connectivity index (χ3n) is 3.99. The standard InChI is InChI=1S/C15H19ClN2O3/c1-17(10-11-5-3-2-4-6-11)15(19)12-7-8-13(16)14(9-12)18(20)21/h7-9,11H,2-6,10H2,1H3. The Labute approximate surface area is 129 Å². The average Bonchev–Trinajstić information content (AvgIpc) is 2.47. The molecule has 2 rings (SSSR count). The monoisotopic (exact) mass is 310 g/mol. The van der Waals surface area contributed by atoms with E-state index in [0.717, 1.165) is 12.8 Å². The fourth-order valence-electron chi connectivity index (χ4n) is 2.85. The van der Waals surface area contributed by atoms with E-state index in [1.165, 1.54) is 37.5 Å². The second-order valence-corrected chi connectivity index (χ2v) is 6.02. The molecule has 0 unspecified atom stereocenters. The molecule has 1 saturated carbocycles. The minimum atomic E-state index is -0.569. The van der Waals surface area contributed by atoms with Gasteiger partial charge in [0.05, 0.1) is 4.92 Å². The van der Waals surface area contributed by atoms with E-state index in [1.54, 1.807) is 11.9 Å². The number of nitro benzene ring substituents is 1. The Kier molecular flexibility index (Phi) is 5.17. The van der Waals surface area contributed by atoms with Crippen LogP contribution in [0.15, 0.2) is 18.2 Å². The van der Waals surface area contributed by atoms with E-state index in [9.17, 15) is 14.9 Å². The van der Waals surface area contributed by atoms with Crippen LogP contribution >= 0.6 is 11.6 Å². The molecule has 21 heavy (non-hydrogen) atoms. The Balaban J connectivity index is 2.08. The Bertz CT molecular complexity index is 542. The van der Waals surface area contributed by atoms with Gasteiger partial charge in [-0.05, 0) is 30.9 Å². The number of hydrogen-bond donors (Lipinski definition) is 0. The van der Waals surface area contributed by atoms with Crippen molar-refractivity contribution in [2.75, 3.05) is 13.6 Å². The molecule has 0 heterocycles. The fraction of sp³-hybridized carbons (Fsp3) is 0.533. The van der Waals surface area contributed by atoms with Crippen LogP contribution in [0.4, 0.5) is 5.69 Å². The van der Waals surface area contributed by atoms with Gasteiger partial charge in [-0.2, -0.15) is 0 Å². The van der Waals surface area contributed by atoms with Gasteiger partial charge in [0.2, 0.25) is 0 Å². The number of benzene rings is 1. The largest absolute Gasteiger partial charge is 0.341 e. The summed E-state index contributed by atoms with van der Waals surface area (Å²) in [6.07, 6.45) is 6.02. The van der Waals surface area contributed by atoms with Gasteiger partial charge in [0.25, 0.3) is 11.6 Å². The van der Waals surface area contributed by atoms with Crippen molar-refractivity contribution in [1.29, 1.82) is 0 Å². The predicted molar refractivity (Wildman–Crippen MR) is 81.6 cm³/mol. The van der Waals surface area contributed by atoms with Crippen molar-refractivity contribution in [3.8, 4) is 0 Å². The molecule has 6 heteroatoms. The van der Waals surface area contributed by atoms with Crippen LogP contribution in [0, 0.1) is 16.0 Å². The first kappa shape index (κ1) is 15.8. The van der Waals surface area contributed by atoms with Gasteiger partial charge in [-0.3, -0.25) is 14.9 Å². The van der Waals surface area contributed by atoms with Gasteiger partial charge in [-0.15, -0.1) is 0 Å². The van der Waals surface area contributed by atoms with Gasteiger partial charge in [0.15, 0.2) is 0 Å². The van der Waals surface area contributed by atoms with E-state index in [1.807, 2.05) is 0 Å². The molecule has 5 nitrogen and oxygen atoms in total. The predicted octanol–water partition coefficient (Wildman–Crippen LogP) is 3.90. The van der Waals surface area contributed by atoms with Gasteiger partial charge in [-0.25, -0.2) is 0 Å². The van der Waals surface area contributed by atoms with Crippen LogP contribution < -0.4 is 0 Å². The van der Waals surface area contributed by atoms with Crippen molar-refractivity contribution >= 4 is 23.2 Å². The summed E-state index contributed by atoms with van der Waals surface area (Å²) in [7, 11) is 1.75. The maximum Gasteiger partial charge on any atom is 0.288 e. The van der Waals surface area contributed by atoms with E-state index in [-0.39, 0.29) is 16.6 Å². The number of amides is 1. The Morgan fingerprint density at radius 3 is 2.67 bits per heavy atom. The first-order valence-corrected chi connectivity index (χ1v) is 7.56. The topological polar surface area (TPSA) is 63.5 Å². The summed E-state index contributed by atoms with van der Waals surface area (Å²) in [5.41, 5.74) is 0.0815. The molecule has 0 radical (unpaired) electrons. The lowest BCUT2D eigenvalue weighted by atomic mass is 9.89. The maximum absolute atomic E-state index is 12.4. The zero-order chi connectivity index (χ0) is 15.4. The van der Waals surface area contributed by atoms with Crippen LogP contribution in [0.1, 0.15) is 42.5 Å². The Morgan fingerprint density at radius 1 is 1.38 bits per heavy atom. The third-order valence-corrected chi connectivity index (χ3v) is 4.31. The summed E-state index contributed by atoms with van der Waals surface area (Å²) in [5.74, 6) is 0.343. The van der Waals surface area contributed by atoms with Gasteiger partial charge in [-0.1, -0.05) is 30.9 Å². The highest BCUT2D eigenvalue weighted by molar-refractivity contribution is 6.32. The number of nitrogens with zero attached hydrogens (tertiary/aromatic N) is 2. The molecule has 114 valence electrons. The van der Waals surface area contributed by atoms with Crippen LogP contribution in [-0.4, -0.2) is 29.3 Å². The number of nitro groups is 1. The second kappa shape index (κ2) is 6.89. The molecule has 1 aromatic rings. The minimum absolute atomic E-state index is 0.0477. The maximum atomic E-state index is 12.4. The van der Waals surface area contributed by atoms with Crippen molar-refractivity contribution < 1.29 is 9.72 Å². The Morgan fingerprint density at radius 2 is 2.05 bits per heavy atom. The molecule has 0 bridgehead atoms. The molecule has 1 fully saturated rings. The lowest BCUT2D eigenvalue weighted by Gasteiger charge is -2.27. The molecule has 1 aliphatic carbocycles. The molecule has 0 spiro atoms. The summed E-state index contributed by atoms with van der Waals surface area (Å²) in [6.45, 7) is 0.704. The van der Waals surface area contributed by atoms with E-state index in [0.29, 0.717) is 18.0 Å². The van der Waals surface area contributed by atoms with Gasteiger partial charge < -0.3 is 4.90 Å². The molecule has 0 aromatic heterocycles. The molecule has 0 aliphatic heterocycles. The molecule has 0 atom stereocenters. The smallest absolute Gasteiger partial charge is 0.288 e. The first-order valence-electron chi connectivity index (χ1n) is 7.18. The average molecular weight is 311 g/mol. The summed E-state index contributed by atoms with van der Waals surface area (Å²) in [6, 6.07) is 4.19. The first-order chi connectivity index (χ1) is 9.99. The lowest BCUT2D eigenvalue weighted by Crippen LogP contribution is -2.32. The van der Waals surface area contributed by atoms with E-state index < -0.39 is 4.92 Å². The van der Waals surface area contributed by atoms with Crippen LogP contribution in [0.2, 0.25) is 5.02 Å². The normalized spacial score (nSPS) is 15.7. The second-order valence-electron chi connectivity index (χ2n) is 5.61. The molecule has 1 aliphatic rings. The number of rotatable bonds is 4. The fourth-order valence-corrected chi connectivity index (χ4v) is 3.03. The molecule has 0 saturated heterocycles. The summed E-state index contributed by atoms with van der Waals surface area (Å²) >= 11 is 5.76. The molecular weight excluding hydrogens is 292 g/mol. The van der Waals surface area contributed by atoms with Crippen molar-refractivity contribution in [2.45, 2.75) is 32.1 Å².